The number of carboxylic acid groups (broad SMARTS) is 1. The fourth-order valence-electron chi connectivity index (χ4n) is 2.56. The number of aromatic nitrogens is 3. The highest BCUT2D eigenvalue weighted by Crippen LogP contribution is 2.32. The van der Waals surface area contributed by atoms with Gasteiger partial charge < -0.3 is 9.84 Å². The van der Waals surface area contributed by atoms with Gasteiger partial charge in [0.1, 0.15) is 16.5 Å². The topological polar surface area (TPSA) is 88.1 Å². The number of hydrogen-bond acceptors (Lipinski definition) is 5. The van der Waals surface area contributed by atoms with Gasteiger partial charge >= 0.3 is 5.97 Å². The van der Waals surface area contributed by atoms with Crippen LogP contribution in [0.4, 0.5) is 0 Å². The van der Waals surface area contributed by atoms with E-state index >= 15 is 0 Å². The second kappa shape index (κ2) is 8.05. The lowest BCUT2D eigenvalue weighted by Crippen LogP contribution is -1.98. The third-order valence-corrected chi connectivity index (χ3v) is 4.64. The Balaban J connectivity index is 2.02. The number of thioether (sulfide) groups is 1. The van der Waals surface area contributed by atoms with Crippen molar-refractivity contribution in [3.05, 3.63) is 52.7 Å². The number of carbonyl (C=O) groups is 1. The van der Waals surface area contributed by atoms with E-state index in [9.17, 15) is 9.90 Å². The van der Waals surface area contributed by atoms with Gasteiger partial charge in [0.05, 0.1) is 6.61 Å². The van der Waals surface area contributed by atoms with Gasteiger partial charge in [-0.2, -0.15) is 0 Å². The van der Waals surface area contributed by atoms with E-state index in [-0.39, 0.29) is 4.91 Å². The molecule has 3 rings (SSSR count). The van der Waals surface area contributed by atoms with Crippen molar-refractivity contribution in [3.8, 4) is 5.75 Å². The van der Waals surface area contributed by atoms with Crippen molar-refractivity contribution in [1.29, 1.82) is 0 Å². The third-order valence-electron chi connectivity index (χ3n) is 3.76. The average molecular weight is 369 g/mol. The van der Waals surface area contributed by atoms with E-state index in [0.29, 0.717) is 18.2 Å². The fraction of sp³-hybridized carbons (Fsp3) is 0.211. The van der Waals surface area contributed by atoms with E-state index < -0.39 is 5.97 Å². The van der Waals surface area contributed by atoms with Crippen molar-refractivity contribution in [3.63, 3.8) is 0 Å². The molecule has 0 atom stereocenters. The zero-order valence-electron chi connectivity index (χ0n) is 14.5. The summed E-state index contributed by atoms with van der Waals surface area (Å²) in [7, 11) is 0. The fourth-order valence-corrected chi connectivity index (χ4v) is 3.27. The summed E-state index contributed by atoms with van der Waals surface area (Å²) in [6, 6.07) is 11.5. The Kier molecular flexibility index (Phi) is 5.58. The summed E-state index contributed by atoms with van der Waals surface area (Å²) in [5.74, 6) is 0.492. The Hall–Kier alpha value is -2.80. The van der Waals surface area contributed by atoms with Crippen LogP contribution in [0.25, 0.3) is 16.8 Å². The summed E-state index contributed by atoms with van der Waals surface area (Å²) in [4.78, 5) is 16.1. The molecule has 0 unspecified atom stereocenters. The number of carboxylic acids is 1. The molecule has 1 aromatic heterocycles. The Labute approximate surface area is 155 Å². The standard InChI is InChI=1S/C19H19N3O3S/c1-3-17-20-19(22-21-17)26-16(18(23)24)11-12-9-10-15(25-4-2)14-8-6-5-7-13(12)14/h5-11H,3-4H2,1-2H3,(H,23,24)(H,20,21,22)/b16-11-. The molecular weight excluding hydrogens is 350 g/mol. The Morgan fingerprint density at radius 2 is 2.00 bits per heavy atom. The SMILES string of the molecule is CCOc1ccc(/C=C(\Sc2n[nH]c(CC)n2)C(=O)O)c2ccccc12. The maximum absolute atomic E-state index is 11.7. The number of fused-ring (bicyclic) bond motifs is 1. The smallest absolute Gasteiger partial charge is 0.342 e. The van der Waals surface area contributed by atoms with Crippen molar-refractivity contribution >= 4 is 34.6 Å². The molecule has 134 valence electrons. The van der Waals surface area contributed by atoms with Gasteiger partial charge in [0.15, 0.2) is 0 Å². The van der Waals surface area contributed by atoms with E-state index in [1.165, 1.54) is 0 Å². The number of hydrogen-bond donors (Lipinski definition) is 2. The minimum absolute atomic E-state index is 0.154. The van der Waals surface area contributed by atoms with Crippen LogP contribution in [0, 0.1) is 0 Å². The van der Waals surface area contributed by atoms with Gasteiger partial charge in [0.25, 0.3) is 0 Å². The Morgan fingerprint density at radius 1 is 1.23 bits per heavy atom. The maximum Gasteiger partial charge on any atom is 0.342 e. The van der Waals surface area contributed by atoms with Crippen molar-refractivity contribution in [1.82, 2.24) is 15.2 Å². The lowest BCUT2D eigenvalue weighted by atomic mass is 10.0. The number of aromatic amines is 1. The van der Waals surface area contributed by atoms with E-state index in [4.69, 9.17) is 4.74 Å². The highest BCUT2D eigenvalue weighted by molar-refractivity contribution is 8.04. The number of nitrogens with zero attached hydrogens (tertiary/aromatic N) is 2. The molecule has 0 aliphatic carbocycles. The van der Waals surface area contributed by atoms with Crippen molar-refractivity contribution < 1.29 is 14.6 Å². The first kappa shape index (κ1) is 18.0. The average Bonchev–Trinajstić information content (AvgIpc) is 3.11. The summed E-state index contributed by atoms with van der Waals surface area (Å²) in [6.07, 6.45) is 2.36. The van der Waals surface area contributed by atoms with Gasteiger partial charge in [-0.3, -0.25) is 5.10 Å². The van der Waals surface area contributed by atoms with Crippen LogP contribution < -0.4 is 4.74 Å². The second-order valence-electron chi connectivity index (χ2n) is 5.47. The number of rotatable bonds is 7. The Morgan fingerprint density at radius 3 is 2.65 bits per heavy atom. The number of nitrogens with one attached hydrogen (secondary N) is 1. The van der Waals surface area contributed by atoms with Gasteiger partial charge in [0, 0.05) is 11.8 Å². The van der Waals surface area contributed by atoms with Crippen LogP contribution in [-0.4, -0.2) is 32.9 Å². The first-order chi connectivity index (χ1) is 12.6. The summed E-state index contributed by atoms with van der Waals surface area (Å²) in [6.45, 7) is 4.46. The molecule has 0 bridgehead atoms. The lowest BCUT2D eigenvalue weighted by Gasteiger charge is -2.10. The lowest BCUT2D eigenvalue weighted by molar-refractivity contribution is -0.131. The highest BCUT2D eigenvalue weighted by atomic mass is 32.2. The van der Waals surface area contributed by atoms with Crippen LogP contribution in [0.3, 0.4) is 0 Å². The first-order valence-electron chi connectivity index (χ1n) is 8.31. The van der Waals surface area contributed by atoms with Crippen molar-refractivity contribution in [2.75, 3.05) is 6.61 Å². The number of benzene rings is 2. The predicted molar refractivity (Wildman–Crippen MR) is 102 cm³/mol. The van der Waals surface area contributed by atoms with Crippen molar-refractivity contribution in [2.45, 2.75) is 25.4 Å². The van der Waals surface area contributed by atoms with E-state index in [2.05, 4.69) is 15.2 Å². The normalized spacial score (nSPS) is 11.7. The molecule has 0 saturated heterocycles. The number of aliphatic carboxylic acids is 1. The molecule has 0 fully saturated rings. The van der Waals surface area contributed by atoms with Crippen LogP contribution in [0.1, 0.15) is 25.2 Å². The molecule has 0 aliphatic rings. The van der Waals surface area contributed by atoms with E-state index in [1.807, 2.05) is 50.2 Å². The van der Waals surface area contributed by atoms with Crippen LogP contribution in [0.15, 0.2) is 46.5 Å². The molecule has 6 nitrogen and oxygen atoms in total. The van der Waals surface area contributed by atoms with Crippen LogP contribution in [0.5, 0.6) is 5.75 Å². The van der Waals surface area contributed by atoms with Crippen LogP contribution in [0.2, 0.25) is 0 Å². The second-order valence-corrected chi connectivity index (χ2v) is 6.47. The molecule has 0 radical (unpaired) electrons. The molecule has 0 amide bonds. The highest BCUT2D eigenvalue weighted by Gasteiger charge is 2.15. The molecular formula is C19H19N3O3S. The molecule has 2 N–H and O–H groups in total. The minimum Gasteiger partial charge on any atom is -0.493 e. The predicted octanol–water partition coefficient (Wildman–Crippen LogP) is 4.14. The van der Waals surface area contributed by atoms with Gasteiger partial charge in [0.2, 0.25) is 5.16 Å². The molecule has 0 aliphatic heterocycles. The Bertz CT molecular complexity index is 966. The monoisotopic (exact) mass is 369 g/mol. The molecule has 1 heterocycles. The van der Waals surface area contributed by atoms with Crippen molar-refractivity contribution in [2.24, 2.45) is 0 Å². The first-order valence-corrected chi connectivity index (χ1v) is 9.12. The summed E-state index contributed by atoms with van der Waals surface area (Å²) in [5, 5.41) is 18.7. The number of aryl methyl sites for hydroxylation is 1. The van der Waals surface area contributed by atoms with Gasteiger partial charge in [-0.05, 0) is 41.8 Å². The quantitative estimate of drug-likeness (QED) is 0.481. The summed E-state index contributed by atoms with van der Waals surface area (Å²) in [5.41, 5.74) is 0.806. The zero-order valence-corrected chi connectivity index (χ0v) is 15.3. The molecule has 7 heteroatoms. The van der Waals surface area contributed by atoms with E-state index in [1.54, 1.807) is 6.08 Å². The number of ether oxygens (including phenoxy) is 1. The van der Waals surface area contributed by atoms with Gasteiger partial charge in [-0.1, -0.05) is 37.3 Å². The van der Waals surface area contributed by atoms with Gasteiger partial charge in [-0.15, -0.1) is 5.10 Å². The zero-order chi connectivity index (χ0) is 18.5. The molecule has 2 aromatic carbocycles. The summed E-state index contributed by atoms with van der Waals surface area (Å²) < 4.78 is 5.67. The molecule has 0 saturated carbocycles. The number of H-pyrrole nitrogens is 1. The molecule has 3 aromatic rings. The van der Waals surface area contributed by atoms with Crippen LogP contribution >= 0.6 is 11.8 Å². The third kappa shape index (κ3) is 3.88. The largest absolute Gasteiger partial charge is 0.493 e. The van der Waals surface area contributed by atoms with Crippen LogP contribution in [-0.2, 0) is 11.2 Å². The van der Waals surface area contributed by atoms with E-state index in [0.717, 1.165) is 39.7 Å². The van der Waals surface area contributed by atoms with Gasteiger partial charge in [-0.25, -0.2) is 9.78 Å². The maximum atomic E-state index is 11.7. The summed E-state index contributed by atoms with van der Waals surface area (Å²) >= 11 is 1.03. The minimum atomic E-state index is -1.02. The molecule has 26 heavy (non-hydrogen) atoms. The molecule has 0 spiro atoms.